The van der Waals surface area contributed by atoms with Gasteiger partial charge in [0.1, 0.15) is 5.84 Å². The summed E-state index contributed by atoms with van der Waals surface area (Å²) in [6.07, 6.45) is 5.85. The van der Waals surface area contributed by atoms with Crippen molar-refractivity contribution in [1.29, 1.82) is 0 Å². The summed E-state index contributed by atoms with van der Waals surface area (Å²) in [5, 5.41) is 3.65. The van der Waals surface area contributed by atoms with Gasteiger partial charge >= 0.3 is 0 Å². The number of aliphatic imine (C=N–C) groups is 1. The van der Waals surface area contributed by atoms with Crippen molar-refractivity contribution in [3.05, 3.63) is 70.5 Å². The third-order valence-electron chi connectivity index (χ3n) is 5.10. The number of pyridine rings is 1. The zero-order valence-corrected chi connectivity index (χ0v) is 16.4. The van der Waals surface area contributed by atoms with Crippen LogP contribution >= 0.6 is 11.6 Å². The third-order valence-corrected chi connectivity index (χ3v) is 5.35. The molecule has 2 aromatic rings. The Bertz CT molecular complexity index is 919. The maximum atomic E-state index is 13.1. The zero-order valence-electron chi connectivity index (χ0n) is 15.7. The van der Waals surface area contributed by atoms with Gasteiger partial charge in [-0.15, -0.1) is 0 Å². The Morgan fingerprint density at radius 1 is 1.21 bits per heavy atom. The number of nitrogens with zero attached hydrogens (tertiary/aromatic N) is 2. The second-order valence-electron chi connectivity index (χ2n) is 7.08. The smallest absolute Gasteiger partial charge is 0.237 e. The second kappa shape index (κ2) is 8.25. The van der Waals surface area contributed by atoms with E-state index in [0.29, 0.717) is 23.5 Å². The fourth-order valence-electron chi connectivity index (χ4n) is 3.55. The Balaban J connectivity index is 1.70. The molecule has 2 atom stereocenters. The van der Waals surface area contributed by atoms with E-state index in [1.807, 2.05) is 43.3 Å². The predicted octanol–water partition coefficient (Wildman–Crippen LogP) is 4.00. The monoisotopic (exact) mass is 395 g/mol. The summed E-state index contributed by atoms with van der Waals surface area (Å²) in [5.74, 6) is 0.154. The minimum atomic E-state index is -0.418. The van der Waals surface area contributed by atoms with E-state index in [4.69, 9.17) is 16.3 Å². The topological polar surface area (TPSA) is 66.9 Å². The highest BCUT2D eigenvalue weighted by molar-refractivity contribution is 6.30. The van der Waals surface area contributed by atoms with Crippen LogP contribution in [0.3, 0.4) is 0 Å². The van der Waals surface area contributed by atoms with Crippen LogP contribution in [0.5, 0.6) is 0 Å². The van der Waals surface area contributed by atoms with Crippen molar-refractivity contribution >= 4 is 28.9 Å². The van der Waals surface area contributed by atoms with Gasteiger partial charge in [-0.1, -0.05) is 23.7 Å². The number of nitrogens with one attached hydrogen (secondary N) is 1. The number of ether oxygens (including phenoxy) is 1. The van der Waals surface area contributed by atoms with Gasteiger partial charge in [-0.2, -0.15) is 0 Å². The van der Waals surface area contributed by atoms with Gasteiger partial charge in [-0.3, -0.25) is 14.8 Å². The second-order valence-corrected chi connectivity index (χ2v) is 7.51. The van der Waals surface area contributed by atoms with Gasteiger partial charge in [-0.05, 0) is 66.3 Å². The van der Waals surface area contributed by atoms with Gasteiger partial charge in [0.25, 0.3) is 0 Å². The zero-order chi connectivity index (χ0) is 19.5. The average molecular weight is 396 g/mol. The molecule has 3 heterocycles. The molecule has 0 spiro atoms. The SMILES string of the molecule is CC1=C(c2ccncc2)C(c2ccc(Cl)cc2)C(=O)NC1=NCCCC1CO1. The molecule has 0 bridgehead atoms. The Hall–Kier alpha value is -2.50. The summed E-state index contributed by atoms with van der Waals surface area (Å²) in [6.45, 7) is 3.55. The summed E-state index contributed by atoms with van der Waals surface area (Å²) >= 11 is 6.04. The quantitative estimate of drug-likeness (QED) is 0.593. The number of rotatable bonds is 6. The first-order chi connectivity index (χ1) is 13.6. The van der Waals surface area contributed by atoms with E-state index in [2.05, 4.69) is 15.3 Å². The molecule has 0 aliphatic carbocycles. The van der Waals surface area contributed by atoms with E-state index >= 15 is 0 Å². The molecule has 1 aromatic heterocycles. The molecular weight excluding hydrogens is 374 g/mol. The van der Waals surface area contributed by atoms with Crippen LogP contribution in [0.15, 0.2) is 59.4 Å². The first-order valence-electron chi connectivity index (χ1n) is 9.47. The highest BCUT2D eigenvalue weighted by Gasteiger charge is 2.33. The van der Waals surface area contributed by atoms with Crippen LogP contribution in [0.2, 0.25) is 5.02 Å². The highest BCUT2D eigenvalue weighted by Crippen LogP contribution is 2.38. The van der Waals surface area contributed by atoms with E-state index < -0.39 is 5.92 Å². The molecule has 4 rings (SSSR count). The number of hydrogen-bond donors (Lipinski definition) is 1. The van der Waals surface area contributed by atoms with Crippen molar-refractivity contribution in [3.63, 3.8) is 0 Å². The molecule has 5 nitrogen and oxygen atoms in total. The summed E-state index contributed by atoms with van der Waals surface area (Å²) in [5.41, 5.74) is 3.81. The standard InChI is InChI=1S/C22H22ClN3O2/c1-14-19(16-8-11-24-12-9-16)20(15-4-6-17(23)7-5-15)22(27)26-21(14)25-10-2-3-18-13-28-18/h4-9,11-12,18,20H,2-3,10,13H2,1H3,(H,25,26,27). The maximum Gasteiger partial charge on any atom is 0.237 e. The molecular formula is C22H22ClN3O2. The van der Waals surface area contributed by atoms with Crippen molar-refractivity contribution in [2.75, 3.05) is 13.2 Å². The van der Waals surface area contributed by atoms with Crippen LogP contribution in [0.1, 0.15) is 36.8 Å². The van der Waals surface area contributed by atoms with Crippen LogP contribution < -0.4 is 5.32 Å². The molecule has 1 N–H and O–H groups in total. The van der Waals surface area contributed by atoms with Crippen LogP contribution in [0.25, 0.3) is 5.57 Å². The summed E-state index contributed by atoms with van der Waals surface area (Å²) < 4.78 is 5.24. The normalized spacial score (nSPS) is 23.1. The number of amides is 1. The lowest BCUT2D eigenvalue weighted by atomic mass is 9.81. The minimum absolute atomic E-state index is 0.0796. The Morgan fingerprint density at radius 2 is 1.93 bits per heavy atom. The Labute approximate surface area is 169 Å². The molecule has 6 heteroatoms. The van der Waals surface area contributed by atoms with Crippen molar-refractivity contribution < 1.29 is 9.53 Å². The van der Waals surface area contributed by atoms with E-state index in [9.17, 15) is 4.79 Å². The van der Waals surface area contributed by atoms with Gasteiger partial charge in [0.05, 0.1) is 18.6 Å². The average Bonchev–Trinajstić information content (AvgIpc) is 3.53. The largest absolute Gasteiger partial charge is 0.373 e. The van der Waals surface area contributed by atoms with Gasteiger partial charge in [0.2, 0.25) is 5.91 Å². The summed E-state index contributed by atoms with van der Waals surface area (Å²) in [7, 11) is 0. The number of carbonyl (C=O) groups excluding carboxylic acids is 1. The van der Waals surface area contributed by atoms with Crippen LogP contribution in [-0.2, 0) is 9.53 Å². The van der Waals surface area contributed by atoms with E-state index in [-0.39, 0.29) is 5.91 Å². The number of benzene rings is 1. The number of aromatic nitrogens is 1. The maximum absolute atomic E-state index is 13.1. The van der Waals surface area contributed by atoms with E-state index in [0.717, 1.165) is 41.7 Å². The molecule has 1 amide bonds. The van der Waals surface area contributed by atoms with Gasteiger partial charge in [0.15, 0.2) is 0 Å². The van der Waals surface area contributed by atoms with Crippen LogP contribution in [0, 0.1) is 0 Å². The summed E-state index contributed by atoms with van der Waals surface area (Å²) in [4.78, 5) is 21.9. The van der Waals surface area contributed by atoms with Crippen LogP contribution in [0.4, 0.5) is 0 Å². The molecule has 2 aliphatic rings. The molecule has 0 saturated carbocycles. The fourth-order valence-corrected chi connectivity index (χ4v) is 3.67. The summed E-state index contributed by atoms with van der Waals surface area (Å²) in [6, 6.07) is 11.3. The molecule has 0 radical (unpaired) electrons. The van der Waals surface area contributed by atoms with Crippen molar-refractivity contribution in [2.24, 2.45) is 4.99 Å². The van der Waals surface area contributed by atoms with Crippen molar-refractivity contribution in [1.82, 2.24) is 10.3 Å². The molecule has 2 aliphatic heterocycles. The third kappa shape index (κ3) is 4.16. The lowest BCUT2D eigenvalue weighted by Crippen LogP contribution is -2.41. The highest BCUT2D eigenvalue weighted by atomic mass is 35.5. The number of epoxide rings is 1. The Kier molecular flexibility index (Phi) is 5.55. The van der Waals surface area contributed by atoms with Gasteiger partial charge < -0.3 is 10.1 Å². The molecule has 1 saturated heterocycles. The van der Waals surface area contributed by atoms with E-state index in [1.54, 1.807) is 12.4 Å². The van der Waals surface area contributed by atoms with Crippen molar-refractivity contribution in [2.45, 2.75) is 31.8 Å². The lowest BCUT2D eigenvalue weighted by molar-refractivity contribution is -0.120. The molecule has 28 heavy (non-hydrogen) atoms. The number of halogens is 1. The molecule has 1 fully saturated rings. The first kappa shape index (κ1) is 18.8. The van der Waals surface area contributed by atoms with Gasteiger partial charge in [0, 0.05) is 24.0 Å². The lowest BCUT2D eigenvalue weighted by Gasteiger charge is -2.29. The molecule has 144 valence electrons. The number of hydrogen-bond acceptors (Lipinski definition) is 4. The van der Waals surface area contributed by atoms with Crippen molar-refractivity contribution in [3.8, 4) is 0 Å². The minimum Gasteiger partial charge on any atom is -0.373 e. The molecule has 1 aromatic carbocycles. The van der Waals surface area contributed by atoms with E-state index in [1.165, 1.54) is 0 Å². The van der Waals surface area contributed by atoms with Crippen LogP contribution in [-0.4, -0.2) is 36.0 Å². The van der Waals surface area contributed by atoms with Gasteiger partial charge in [-0.25, -0.2) is 0 Å². The Morgan fingerprint density at radius 3 is 2.61 bits per heavy atom. The number of carbonyl (C=O) groups is 1. The molecule has 2 unspecified atom stereocenters. The predicted molar refractivity (Wildman–Crippen MR) is 110 cm³/mol. The first-order valence-corrected chi connectivity index (χ1v) is 9.85. The number of amidine groups is 1. The fraction of sp³-hybridized carbons (Fsp3) is 0.318.